The van der Waals surface area contributed by atoms with Crippen LogP contribution in [0.3, 0.4) is 0 Å². The number of nitrogens with one attached hydrogen (secondary N) is 2. The number of carbonyl (C=O) groups is 1. The molecule has 1 heterocycles. The monoisotopic (exact) mass is 262 g/mol. The van der Waals surface area contributed by atoms with Crippen molar-refractivity contribution in [3.05, 3.63) is 46.8 Å². The number of H-pyrrole nitrogens is 1. The maximum absolute atomic E-state index is 11.6. The van der Waals surface area contributed by atoms with Gasteiger partial charge in [-0.15, -0.1) is 5.10 Å². The standard InChI is InChI=1S/C12H11ClN4O/c1-8-14-12(17-16-8)15-11(18)6-5-9-3-2-4-10(13)7-9/h2-7H,1H3,(H2,14,15,16,17,18)/b6-5+. The summed E-state index contributed by atoms with van der Waals surface area (Å²) in [5.74, 6) is 0.603. The van der Waals surface area contributed by atoms with E-state index in [4.69, 9.17) is 11.6 Å². The highest BCUT2D eigenvalue weighted by atomic mass is 35.5. The van der Waals surface area contributed by atoms with E-state index in [1.54, 1.807) is 25.1 Å². The Bertz CT molecular complexity index is 591. The van der Waals surface area contributed by atoms with E-state index in [2.05, 4.69) is 20.5 Å². The highest BCUT2D eigenvalue weighted by Gasteiger charge is 2.02. The zero-order valence-corrected chi connectivity index (χ0v) is 10.4. The van der Waals surface area contributed by atoms with E-state index in [0.717, 1.165) is 5.56 Å². The number of amides is 1. The first-order valence-corrected chi connectivity index (χ1v) is 5.65. The van der Waals surface area contributed by atoms with Gasteiger partial charge in [0.25, 0.3) is 5.91 Å². The molecule has 0 aliphatic carbocycles. The number of anilines is 1. The van der Waals surface area contributed by atoms with Gasteiger partial charge in [-0.1, -0.05) is 23.7 Å². The highest BCUT2D eigenvalue weighted by molar-refractivity contribution is 6.30. The Kier molecular flexibility index (Phi) is 3.74. The maximum atomic E-state index is 11.6. The molecule has 1 aromatic carbocycles. The highest BCUT2D eigenvalue weighted by Crippen LogP contribution is 2.11. The molecule has 2 N–H and O–H groups in total. The molecule has 0 fully saturated rings. The number of aryl methyl sites for hydroxylation is 1. The van der Waals surface area contributed by atoms with Crippen LogP contribution in [-0.2, 0) is 4.79 Å². The summed E-state index contributed by atoms with van der Waals surface area (Å²) in [5.41, 5.74) is 0.851. The number of carbonyl (C=O) groups excluding carboxylic acids is 1. The minimum atomic E-state index is -0.297. The fraction of sp³-hybridized carbons (Fsp3) is 0.0833. The molecule has 0 radical (unpaired) electrons. The zero-order valence-electron chi connectivity index (χ0n) is 9.64. The Morgan fingerprint density at radius 3 is 3.00 bits per heavy atom. The van der Waals surface area contributed by atoms with E-state index in [0.29, 0.717) is 10.8 Å². The molecule has 0 saturated heterocycles. The second kappa shape index (κ2) is 5.46. The molecular formula is C12H11ClN4O. The molecule has 92 valence electrons. The minimum Gasteiger partial charge on any atom is -0.290 e. The van der Waals surface area contributed by atoms with Gasteiger partial charge in [-0.3, -0.25) is 15.2 Å². The van der Waals surface area contributed by atoms with Gasteiger partial charge in [0.05, 0.1) is 0 Å². The Labute approximate surface area is 109 Å². The van der Waals surface area contributed by atoms with Gasteiger partial charge in [0.15, 0.2) is 0 Å². The van der Waals surface area contributed by atoms with Crippen LogP contribution in [0.4, 0.5) is 5.95 Å². The first-order valence-electron chi connectivity index (χ1n) is 5.27. The van der Waals surface area contributed by atoms with E-state index in [1.165, 1.54) is 6.08 Å². The first-order chi connectivity index (χ1) is 8.63. The van der Waals surface area contributed by atoms with Gasteiger partial charge < -0.3 is 0 Å². The summed E-state index contributed by atoms with van der Waals surface area (Å²) in [5, 5.41) is 9.60. The van der Waals surface area contributed by atoms with Gasteiger partial charge >= 0.3 is 0 Å². The molecule has 0 atom stereocenters. The van der Waals surface area contributed by atoms with E-state index < -0.39 is 0 Å². The van der Waals surface area contributed by atoms with Crippen LogP contribution >= 0.6 is 11.6 Å². The van der Waals surface area contributed by atoms with Crippen molar-refractivity contribution in [1.29, 1.82) is 0 Å². The molecule has 0 aliphatic heterocycles. The number of rotatable bonds is 3. The van der Waals surface area contributed by atoms with Crippen molar-refractivity contribution in [2.45, 2.75) is 6.92 Å². The van der Waals surface area contributed by atoms with E-state index in [9.17, 15) is 4.79 Å². The smallest absolute Gasteiger partial charge is 0.250 e. The van der Waals surface area contributed by atoms with Gasteiger partial charge in [-0.25, -0.2) is 0 Å². The molecule has 6 heteroatoms. The third-order valence-corrected chi connectivity index (χ3v) is 2.34. The normalized spacial score (nSPS) is 10.8. The first kappa shape index (κ1) is 12.3. The topological polar surface area (TPSA) is 70.7 Å². The Morgan fingerprint density at radius 2 is 2.33 bits per heavy atom. The number of nitrogens with zero attached hydrogens (tertiary/aromatic N) is 2. The Hall–Kier alpha value is -2.14. The fourth-order valence-corrected chi connectivity index (χ4v) is 1.53. The van der Waals surface area contributed by atoms with Crippen molar-refractivity contribution in [1.82, 2.24) is 15.2 Å². The fourth-order valence-electron chi connectivity index (χ4n) is 1.33. The van der Waals surface area contributed by atoms with Crippen LogP contribution in [0.15, 0.2) is 30.3 Å². The zero-order chi connectivity index (χ0) is 13.0. The predicted molar refractivity (Wildman–Crippen MR) is 70.2 cm³/mol. The lowest BCUT2D eigenvalue weighted by molar-refractivity contribution is -0.111. The van der Waals surface area contributed by atoms with Crippen molar-refractivity contribution >= 4 is 29.5 Å². The average Bonchev–Trinajstić information content (AvgIpc) is 2.72. The second-order valence-electron chi connectivity index (χ2n) is 3.62. The Balaban J connectivity index is 1.99. The van der Waals surface area contributed by atoms with Crippen LogP contribution in [0.1, 0.15) is 11.4 Å². The molecule has 0 unspecified atom stereocenters. The van der Waals surface area contributed by atoms with E-state index in [-0.39, 0.29) is 11.9 Å². The van der Waals surface area contributed by atoms with Crippen LogP contribution in [0.2, 0.25) is 5.02 Å². The molecule has 1 amide bonds. The molecule has 0 bridgehead atoms. The maximum Gasteiger partial charge on any atom is 0.250 e. The van der Waals surface area contributed by atoms with Crippen molar-refractivity contribution in [3.8, 4) is 0 Å². The molecule has 1 aromatic heterocycles. The number of benzene rings is 1. The molecule has 2 rings (SSSR count). The molecule has 18 heavy (non-hydrogen) atoms. The number of hydrogen-bond acceptors (Lipinski definition) is 3. The molecule has 0 saturated carbocycles. The lowest BCUT2D eigenvalue weighted by Crippen LogP contribution is -2.09. The molecule has 2 aromatic rings. The summed E-state index contributed by atoms with van der Waals surface area (Å²) in [7, 11) is 0. The van der Waals surface area contributed by atoms with E-state index in [1.807, 2.05) is 12.1 Å². The van der Waals surface area contributed by atoms with Gasteiger partial charge in [0.1, 0.15) is 5.82 Å². The molecular weight excluding hydrogens is 252 g/mol. The van der Waals surface area contributed by atoms with Crippen LogP contribution in [-0.4, -0.2) is 21.1 Å². The van der Waals surface area contributed by atoms with Crippen LogP contribution in [0.25, 0.3) is 6.08 Å². The van der Waals surface area contributed by atoms with Crippen LogP contribution in [0, 0.1) is 6.92 Å². The number of aromatic amines is 1. The van der Waals surface area contributed by atoms with Gasteiger partial charge in [0, 0.05) is 11.1 Å². The number of hydrogen-bond donors (Lipinski definition) is 2. The summed E-state index contributed by atoms with van der Waals surface area (Å²) in [6.45, 7) is 1.75. The largest absolute Gasteiger partial charge is 0.290 e. The molecule has 5 nitrogen and oxygen atoms in total. The summed E-state index contributed by atoms with van der Waals surface area (Å²) < 4.78 is 0. The lowest BCUT2D eigenvalue weighted by atomic mass is 10.2. The van der Waals surface area contributed by atoms with E-state index >= 15 is 0 Å². The summed E-state index contributed by atoms with van der Waals surface area (Å²) in [6, 6.07) is 7.21. The summed E-state index contributed by atoms with van der Waals surface area (Å²) in [6.07, 6.45) is 3.07. The third-order valence-electron chi connectivity index (χ3n) is 2.11. The summed E-state index contributed by atoms with van der Waals surface area (Å²) in [4.78, 5) is 15.5. The van der Waals surface area contributed by atoms with Crippen molar-refractivity contribution in [2.75, 3.05) is 5.32 Å². The van der Waals surface area contributed by atoms with Gasteiger partial charge in [0.2, 0.25) is 5.95 Å². The van der Waals surface area contributed by atoms with Crippen molar-refractivity contribution in [2.24, 2.45) is 0 Å². The third kappa shape index (κ3) is 3.43. The lowest BCUT2D eigenvalue weighted by Gasteiger charge is -1.95. The predicted octanol–water partition coefficient (Wildman–Crippen LogP) is 2.42. The SMILES string of the molecule is Cc1nc(NC(=O)/C=C/c2cccc(Cl)c2)n[nH]1. The second-order valence-corrected chi connectivity index (χ2v) is 4.06. The van der Waals surface area contributed by atoms with Crippen LogP contribution in [0.5, 0.6) is 0 Å². The minimum absolute atomic E-state index is 0.258. The average molecular weight is 263 g/mol. The van der Waals surface area contributed by atoms with Crippen molar-refractivity contribution in [3.63, 3.8) is 0 Å². The quantitative estimate of drug-likeness (QED) is 0.835. The molecule has 0 aliphatic rings. The van der Waals surface area contributed by atoms with Crippen LogP contribution < -0.4 is 5.32 Å². The summed E-state index contributed by atoms with van der Waals surface area (Å²) >= 11 is 5.83. The van der Waals surface area contributed by atoms with Crippen molar-refractivity contribution < 1.29 is 4.79 Å². The number of aromatic nitrogens is 3. The van der Waals surface area contributed by atoms with Gasteiger partial charge in [-0.2, -0.15) is 4.98 Å². The number of halogens is 1. The molecule has 0 spiro atoms. The van der Waals surface area contributed by atoms with Gasteiger partial charge in [-0.05, 0) is 30.7 Å². The Morgan fingerprint density at radius 1 is 1.50 bits per heavy atom.